The van der Waals surface area contributed by atoms with Gasteiger partial charge in [-0.1, -0.05) is 142 Å². The largest absolute Gasteiger partial charge is 0.457 e. The van der Waals surface area contributed by atoms with E-state index in [-0.39, 0.29) is 25.6 Å². The highest BCUT2D eigenvalue weighted by Gasteiger charge is 2.44. The van der Waals surface area contributed by atoms with E-state index in [0.717, 1.165) is 103 Å². The second kappa shape index (κ2) is 41.0. The molecule has 6 unspecified atom stereocenters. The van der Waals surface area contributed by atoms with Crippen LogP contribution in [0.15, 0.2) is 122 Å². The summed E-state index contributed by atoms with van der Waals surface area (Å²) in [6.07, 6.45) is 52.3. The van der Waals surface area contributed by atoms with Gasteiger partial charge in [0.15, 0.2) is 6.29 Å². The maximum Gasteiger partial charge on any atom is 0.306 e. The molecule has 0 radical (unpaired) electrons. The number of carbonyl (C=O) groups is 1. The number of unbranched alkanes of at least 4 members (excludes halogenated alkanes) is 5. The summed E-state index contributed by atoms with van der Waals surface area (Å²) in [5, 5.41) is 40.1. The van der Waals surface area contributed by atoms with Crippen LogP contribution in [-0.2, 0) is 23.7 Å². The molecule has 9 heteroatoms. The van der Waals surface area contributed by atoms with Gasteiger partial charge < -0.3 is 39.4 Å². The maximum atomic E-state index is 12.8. The zero-order valence-electron chi connectivity index (χ0n) is 36.9. The van der Waals surface area contributed by atoms with Crippen LogP contribution in [0, 0.1) is 0 Å². The van der Waals surface area contributed by atoms with Crippen LogP contribution in [0.2, 0.25) is 0 Å². The van der Waals surface area contributed by atoms with Crippen LogP contribution in [0.1, 0.15) is 129 Å². The number of aliphatic hydroxyl groups is 4. The molecule has 9 nitrogen and oxygen atoms in total. The quantitative estimate of drug-likeness (QED) is 0.0276. The minimum Gasteiger partial charge on any atom is -0.457 e. The van der Waals surface area contributed by atoms with Gasteiger partial charge in [-0.05, 0) is 103 Å². The maximum absolute atomic E-state index is 12.8. The number of rotatable bonds is 36. The summed E-state index contributed by atoms with van der Waals surface area (Å²) in [4.78, 5) is 12.8. The van der Waals surface area contributed by atoms with Crippen LogP contribution in [0.3, 0.4) is 0 Å². The molecule has 0 spiro atoms. The molecular formula is C51H80O9. The minimum atomic E-state index is -1.56. The number of esters is 1. The summed E-state index contributed by atoms with van der Waals surface area (Å²) >= 11 is 0. The predicted molar refractivity (Wildman–Crippen MR) is 246 cm³/mol. The monoisotopic (exact) mass is 837 g/mol. The Balaban J connectivity index is 2.35. The van der Waals surface area contributed by atoms with Crippen LogP contribution < -0.4 is 0 Å². The zero-order valence-corrected chi connectivity index (χ0v) is 36.9. The first-order valence-corrected chi connectivity index (χ1v) is 22.6. The smallest absolute Gasteiger partial charge is 0.306 e. The third-order valence-corrected chi connectivity index (χ3v) is 9.37. The van der Waals surface area contributed by atoms with E-state index in [1.165, 1.54) is 0 Å². The second-order valence-corrected chi connectivity index (χ2v) is 14.7. The highest BCUT2D eigenvalue weighted by molar-refractivity contribution is 5.69. The van der Waals surface area contributed by atoms with Gasteiger partial charge in [0.2, 0.25) is 0 Å². The molecule has 0 bridgehead atoms. The fourth-order valence-electron chi connectivity index (χ4n) is 5.89. The molecule has 1 saturated heterocycles. The van der Waals surface area contributed by atoms with Gasteiger partial charge in [0, 0.05) is 13.0 Å². The first-order valence-electron chi connectivity index (χ1n) is 22.6. The van der Waals surface area contributed by atoms with E-state index < -0.39 is 43.4 Å². The molecule has 1 heterocycles. The van der Waals surface area contributed by atoms with E-state index in [9.17, 15) is 25.2 Å². The third-order valence-electron chi connectivity index (χ3n) is 9.37. The summed E-state index contributed by atoms with van der Waals surface area (Å²) in [5.41, 5.74) is 0. The normalized spacial score (nSPS) is 21.2. The Kier molecular flexibility index (Phi) is 37.3. The average Bonchev–Trinajstić information content (AvgIpc) is 3.25. The van der Waals surface area contributed by atoms with Gasteiger partial charge in [-0.15, -0.1) is 0 Å². The predicted octanol–water partition coefficient (Wildman–Crippen LogP) is 10.4. The summed E-state index contributed by atoms with van der Waals surface area (Å²) in [6, 6.07) is 0. The van der Waals surface area contributed by atoms with Crippen LogP contribution in [0.4, 0.5) is 0 Å². The third kappa shape index (κ3) is 31.5. The van der Waals surface area contributed by atoms with Crippen LogP contribution >= 0.6 is 0 Å². The molecule has 0 amide bonds. The van der Waals surface area contributed by atoms with Gasteiger partial charge in [-0.25, -0.2) is 0 Å². The van der Waals surface area contributed by atoms with E-state index in [4.69, 9.17) is 18.9 Å². The lowest BCUT2D eigenvalue weighted by molar-refractivity contribution is -0.305. The SMILES string of the molecule is CC/C=C\C/C=C\C/C=C\C/C=C\C/C=C\CCCCCC(=O)OC(COCCCC/C=C\C/C=C\C/C=C\C/C=C\C/C=C\CC)COC1OC(CO)C(O)C(O)C1O. The Morgan fingerprint density at radius 3 is 1.42 bits per heavy atom. The Hall–Kier alpha value is -3.41. The number of aliphatic hydroxyl groups excluding tert-OH is 4. The molecule has 0 aromatic heterocycles. The first-order chi connectivity index (χ1) is 29.4. The Morgan fingerprint density at radius 1 is 0.533 bits per heavy atom. The van der Waals surface area contributed by atoms with E-state index in [1.807, 2.05) is 0 Å². The zero-order chi connectivity index (χ0) is 43.6. The molecule has 1 aliphatic rings. The molecule has 4 N–H and O–H groups in total. The Bertz CT molecular complexity index is 1320. The molecular weight excluding hydrogens is 757 g/mol. The van der Waals surface area contributed by atoms with Crippen molar-refractivity contribution in [3.8, 4) is 0 Å². The average molecular weight is 837 g/mol. The van der Waals surface area contributed by atoms with Crippen molar-refractivity contribution in [3.63, 3.8) is 0 Å². The van der Waals surface area contributed by atoms with Gasteiger partial charge in [0.05, 0.1) is 19.8 Å². The van der Waals surface area contributed by atoms with Crippen molar-refractivity contribution in [3.05, 3.63) is 122 Å². The molecule has 338 valence electrons. The number of ether oxygens (including phenoxy) is 4. The van der Waals surface area contributed by atoms with Crippen LogP contribution in [0.25, 0.3) is 0 Å². The topological polar surface area (TPSA) is 135 Å². The standard InChI is InChI=1S/C51H80O9/c1-3-5-7-9-11-13-15-17-19-21-23-24-26-28-30-32-34-36-38-40-47(53)59-45(44-58-51-50(56)49(55)48(54)46(42-52)60-51)43-57-41-39-37-35-33-31-29-27-25-22-20-18-16-14-12-10-8-6-4-2/h5-8,11-14,17-20,23-25,27-28,30-31,33,45-46,48-52,54-56H,3-4,9-10,15-16,21-22,26,29,32,34-44H2,1-2H3/b7-5-,8-6-,13-11-,14-12-,19-17-,20-18-,24-23-,27-25-,30-28-,33-31-. The van der Waals surface area contributed by atoms with Crippen LogP contribution in [0.5, 0.6) is 0 Å². The molecule has 0 saturated carbocycles. The molecule has 0 aromatic carbocycles. The lowest BCUT2D eigenvalue weighted by Crippen LogP contribution is -2.59. The Labute approximate surface area is 363 Å². The van der Waals surface area contributed by atoms with Gasteiger partial charge in [-0.2, -0.15) is 0 Å². The summed E-state index contributed by atoms with van der Waals surface area (Å²) in [5.74, 6) is -0.366. The molecule has 1 rings (SSSR count). The molecule has 1 aliphatic heterocycles. The first kappa shape index (κ1) is 54.6. The van der Waals surface area contributed by atoms with E-state index in [1.54, 1.807) is 0 Å². The van der Waals surface area contributed by atoms with Crippen molar-refractivity contribution in [1.29, 1.82) is 0 Å². The highest BCUT2D eigenvalue weighted by Crippen LogP contribution is 2.22. The van der Waals surface area contributed by atoms with Crippen molar-refractivity contribution in [2.75, 3.05) is 26.4 Å². The molecule has 60 heavy (non-hydrogen) atoms. The Morgan fingerprint density at radius 2 is 0.967 bits per heavy atom. The number of hydrogen-bond donors (Lipinski definition) is 4. The van der Waals surface area contributed by atoms with Gasteiger partial charge >= 0.3 is 5.97 Å². The van der Waals surface area contributed by atoms with E-state index >= 15 is 0 Å². The lowest BCUT2D eigenvalue weighted by Gasteiger charge is -2.39. The number of allylic oxidation sites excluding steroid dienone is 20. The van der Waals surface area contributed by atoms with Crippen molar-refractivity contribution in [1.82, 2.24) is 0 Å². The van der Waals surface area contributed by atoms with Crippen molar-refractivity contribution >= 4 is 5.97 Å². The molecule has 6 atom stereocenters. The molecule has 0 aliphatic carbocycles. The summed E-state index contributed by atoms with van der Waals surface area (Å²) in [7, 11) is 0. The number of hydrogen-bond acceptors (Lipinski definition) is 9. The van der Waals surface area contributed by atoms with Crippen molar-refractivity contribution in [2.45, 2.75) is 166 Å². The van der Waals surface area contributed by atoms with Gasteiger partial charge in [-0.3, -0.25) is 4.79 Å². The van der Waals surface area contributed by atoms with E-state index in [2.05, 4.69) is 135 Å². The molecule has 1 fully saturated rings. The number of carbonyl (C=O) groups excluding carboxylic acids is 1. The fourth-order valence-corrected chi connectivity index (χ4v) is 5.89. The lowest BCUT2D eigenvalue weighted by atomic mass is 9.99. The highest BCUT2D eigenvalue weighted by atomic mass is 16.7. The van der Waals surface area contributed by atoms with Crippen molar-refractivity contribution < 1.29 is 44.2 Å². The second-order valence-electron chi connectivity index (χ2n) is 14.7. The van der Waals surface area contributed by atoms with Crippen LogP contribution in [-0.4, -0.2) is 89.6 Å². The fraction of sp³-hybridized carbons (Fsp3) is 0.588. The van der Waals surface area contributed by atoms with Gasteiger partial charge in [0.25, 0.3) is 0 Å². The minimum absolute atomic E-state index is 0.0922. The molecule has 0 aromatic rings. The van der Waals surface area contributed by atoms with Crippen molar-refractivity contribution in [2.24, 2.45) is 0 Å². The summed E-state index contributed by atoms with van der Waals surface area (Å²) in [6.45, 7) is 4.14. The van der Waals surface area contributed by atoms with Gasteiger partial charge in [0.1, 0.15) is 30.5 Å². The summed E-state index contributed by atoms with van der Waals surface area (Å²) < 4.78 is 22.7. The van der Waals surface area contributed by atoms with E-state index in [0.29, 0.717) is 13.0 Å².